The summed E-state index contributed by atoms with van der Waals surface area (Å²) in [5.41, 5.74) is 1.25. The van der Waals surface area contributed by atoms with Gasteiger partial charge in [-0.2, -0.15) is 10.4 Å². The smallest absolute Gasteiger partial charge is 0.216 e. The summed E-state index contributed by atoms with van der Waals surface area (Å²) in [4.78, 5) is 10.6. The first-order valence-corrected chi connectivity index (χ1v) is 4.98. The molecule has 0 saturated carbocycles. The molecule has 1 rings (SSSR count). The summed E-state index contributed by atoms with van der Waals surface area (Å²) in [6.45, 7) is 4.34. The van der Waals surface area contributed by atoms with Gasteiger partial charge in [-0.1, -0.05) is 0 Å². The van der Waals surface area contributed by atoms with Gasteiger partial charge < -0.3 is 10.6 Å². The van der Waals surface area contributed by atoms with Crippen molar-refractivity contribution in [2.45, 2.75) is 13.8 Å². The van der Waals surface area contributed by atoms with E-state index in [0.717, 1.165) is 0 Å². The molecule has 6 heteroatoms. The molecule has 16 heavy (non-hydrogen) atoms. The van der Waals surface area contributed by atoms with E-state index in [1.54, 1.807) is 18.7 Å². The highest BCUT2D eigenvalue weighted by molar-refractivity contribution is 5.72. The number of carbonyl (C=O) groups is 1. The van der Waals surface area contributed by atoms with Crippen molar-refractivity contribution < 1.29 is 4.79 Å². The van der Waals surface area contributed by atoms with Gasteiger partial charge in [-0.05, 0) is 6.92 Å². The third kappa shape index (κ3) is 2.73. The maximum Gasteiger partial charge on any atom is 0.216 e. The fraction of sp³-hybridized carbons (Fsp3) is 0.500. The lowest BCUT2D eigenvalue weighted by Crippen LogP contribution is -2.26. The van der Waals surface area contributed by atoms with E-state index in [4.69, 9.17) is 5.26 Å². The van der Waals surface area contributed by atoms with Crippen molar-refractivity contribution in [2.24, 2.45) is 7.05 Å². The van der Waals surface area contributed by atoms with Crippen LogP contribution in [0.4, 0.5) is 5.82 Å². The number of anilines is 1. The van der Waals surface area contributed by atoms with Gasteiger partial charge in [0.2, 0.25) is 5.91 Å². The van der Waals surface area contributed by atoms with Gasteiger partial charge in [0.1, 0.15) is 17.5 Å². The lowest BCUT2D eigenvalue weighted by atomic mass is 10.2. The zero-order valence-electron chi connectivity index (χ0n) is 9.66. The first kappa shape index (κ1) is 12.0. The van der Waals surface area contributed by atoms with Crippen LogP contribution in [0.3, 0.4) is 0 Å². The van der Waals surface area contributed by atoms with Gasteiger partial charge in [0.25, 0.3) is 0 Å². The Kier molecular flexibility index (Phi) is 3.89. The Morgan fingerprint density at radius 2 is 2.25 bits per heavy atom. The third-order valence-electron chi connectivity index (χ3n) is 2.13. The molecule has 0 aliphatic heterocycles. The van der Waals surface area contributed by atoms with Gasteiger partial charge in [-0.15, -0.1) is 0 Å². The standard InChI is InChI=1S/C10H15N5O/c1-7-9(6-11)10(15(3)14-7)13-5-4-12-8(2)16/h13H,4-5H2,1-3H3,(H,12,16). The summed E-state index contributed by atoms with van der Waals surface area (Å²) >= 11 is 0. The van der Waals surface area contributed by atoms with E-state index in [1.165, 1.54) is 6.92 Å². The second kappa shape index (κ2) is 5.16. The number of aryl methyl sites for hydroxylation is 2. The highest BCUT2D eigenvalue weighted by Crippen LogP contribution is 2.16. The fourth-order valence-electron chi connectivity index (χ4n) is 1.41. The molecule has 0 fully saturated rings. The number of nitrogens with one attached hydrogen (secondary N) is 2. The molecule has 0 spiro atoms. The van der Waals surface area contributed by atoms with E-state index in [-0.39, 0.29) is 5.91 Å². The first-order valence-electron chi connectivity index (χ1n) is 4.98. The van der Waals surface area contributed by atoms with Crippen LogP contribution in [0.15, 0.2) is 0 Å². The van der Waals surface area contributed by atoms with Crippen LogP contribution in [0.1, 0.15) is 18.2 Å². The SMILES string of the molecule is CC(=O)NCCNc1c(C#N)c(C)nn1C. The number of aromatic nitrogens is 2. The zero-order chi connectivity index (χ0) is 12.1. The van der Waals surface area contributed by atoms with Crippen LogP contribution in [-0.2, 0) is 11.8 Å². The summed E-state index contributed by atoms with van der Waals surface area (Å²) in [5.74, 6) is 0.619. The van der Waals surface area contributed by atoms with Crippen LogP contribution in [0.25, 0.3) is 0 Å². The van der Waals surface area contributed by atoms with Crippen molar-refractivity contribution in [3.05, 3.63) is 11.3 Å². The molecule has 0 unspecified atom stereocenters. The average molecular weight is 221 g/mol. The average Bonchev–Trinajstić information content (AvgIpc) is 2.47. The van der Waals surface area contributed by atoms with Gasteiger partial charge in [0.05, 0.1) is 5.69 Å². The Hall–Kier alpha value is -2.03. The topological polar surface area (TPSA) is 82.7 Å². The molecule has 0 aliphatic carbocycles. The predicted molar refractivity (Wildman–Crippen MR) is 59.8 cm³/mol. The van der Waals surface area contributed by atoms with E-state index in [2.05, 4.69) is 21.8 Å². The molecule has 1 aromatic rings. The number of hydrogen-bond acceptors (Lipinski definition) is 4. The van der Waals surface area contributed by atoms with Crippen LogP contribution in [-0.4, -0.2) is 28.8 Å². The summed E-state index contributed by atoms with van der Waals surface area (Å²) in [6.07, 6.45) is 0. The molecule has 2 N–H and O–H groups in total. The predicted octanol–water partition coefficient (Wildman–Crippen LogP) is 0.148. The van der Waals surface area contributed by atoms with E-state index in [1.807, 2.05) is 0 Å². The van der Waals surface area contributed by atoms with E-state index >= 15 is 0 Å². The molecule has 0 bridgehead atoms. The first-order chi connectivity index (χ1) is 7.56. The number of nitriles is 1. The number of rotatable bonds is 4. The summed E-state index contributed by atoms with van der Waals surface area (Å²) in [7, 11) is 1.77. The Bertz CT molecular complexity index is 429. The number of nitrogens with zero attached hydrogens (tertiary/aromatic N) is 3. The molecule has 1 heterocycles. The minimum Gasteiger partial charge on any atom is -0.367 e. The molecule has 0 aromatic carbocycles. The van der Waals surface area contributed by atoms with Crippen molar-refractivity contribution in [3.63, 3.8) is 0 Å². The largest absolute Gasteiger partial charge is 0.367 e. The molecule has 0 aliphatic rings. The highest BCUT2D eigenvalue weighted by atomic mass is 16.1. The zero-order valence-corrected chi connectivity index (χ0v) is 9.66. The molecule has 0 saturated heterocycles. The minimum absolute atomic E-state index is 0.0662. The quantitative estimate of drug-likeness (QED) is 0.709. The second-order valence-electron chi connectivity index (χ2n) is 3.45. The monoisotopic (exact) mass is 221 g/mol. The van der Waals surface area contributed by atoms with Crippen LogP contribution in [0.2, 0.25) is 0 Å². The number of amides is 1. The normalized spacial score (nSPS) is 9.62. The lowest BCUT2D eigenvalue weighted by molar-refractivity contribution is -0.118. The van der Waals surface area contributed by atoms with Gasteiger partial charge in [0.15, 0.2) is 0 Å². The van der Waals surface area contributed by atoms with Crippen molar-refractivity contribution in [1.82, 2.24) is 15.1 Å². The lowest BCUT2D eigenvalue weighted by Gasteiger charge is -2.07. The number of carbonyl (C=O) groups excluding carboxylic acids is 1. The van der Waals surface area contributed by atoms with Gasteiger partial charge >= 0.3 is 0 Å². The summed E-state index contributed by atoms with van der Waals surface area (Å²) < 4.78 is 1.63. The Morgan fingerprint density at radius 1 is 1.56 bits per heavy atom. The van der Waals surface area contributed by atoms with Crippen molar-refractivity contribution in [3.8, 4) is 6.07 Å². The van der Waals surface area contributed by atoms with Gasteiger partial charge in [-0.25, -0.2) is 0 Å². The van der Waals surface area contributed by atoms with Crippen LogP contribution >= 0.6 is 0 Å². The summed E-state index contributed by atoms with van der Waals surface area (Å²) in [5, 5.41) is 18.8. The summed E-state index contributed by atoms with van der Waals surface area (Å²) in [6, 6.07) is 2.10. The van der Waals surface area contributed by atoms with Gasteiger partial charge in [0, 0.05) is 27.1 Å². The molecule has 0 radical (unpaired) electrons. The Balaban J connectivity index is 2.60. The second-order valence-corrected chi connectivity index (χ2v) is 3.45. The molecule has 1 aromatic heterocycles. The molecular formula is C10H15N5O. The molecule has 86 valence electrons. The van der Waals surface area contributed by atoms with Crippen LogP contribution in [0.5, 0.6) is 0 Å². The maximum absolute atomic E-state index is 10.6. The Morgan fingerprint density at radius 3 is 2.81 bits per heavy atom. The van der Waals surface area contributed by atoms with Crippen molar-refractivity contribution in [1.29, 1.82) is 5.26 Å². The molecule has 0 atom stereocenters. The number of hydrogen-bond donors (Lipinski definition) is 2. The van der Waals surface area contributed by atoms with Gasteiger partial charge in [-0.3, -0.25) is 9.48 Å². The highest BCUT2D eigenvalue weighted by Gasteiger charge is 2.11. The van der Waals surface area contributed by atoms with E-state index in [0.29, 0.717) is 30.2 Å². The van der Waals surface area contributed by atoms with Crippen molar-refractivity contribution >= 4 is 11.7 Å². The third-order valence-corrected chi connectivity index (χ3v) is 2.13. The molecule has 1 amide bonds. The van der Waals surface area contributed by atoms with E-state index < -0.39 is 0 Å². The molecular weight excluding hydrogens is 206 g/mol. The Labute approximate surface area is 94.2 Å². The van der Waals surface area contributed by atoms with Crippen molar-refractivity contribution in [2.75, 3.05) is 18.4 Å². The van der Waals surface area contributed by atoms with E-state index in [9.17, 15) is 4.79 Å². The fourth-order valence-corrected chi connectivity index (χ4v) is 1.41. The molecule has 6 nitrogen and oxygen atoms in total. The minimum atomic E-state index is -0.0662. The maximum atomic E-state index is 10.6. The van der Waals surface area contributed by atoms with Crippen LogP contribution in [0, 0.1) is 18.3 Å². The van der Waals surface area contributed by atoms with Crippen LogP contribution < -0.4 is 10.6 Å².